The lowest BCUT2D eigenvalue weighted by atomic mass is 10.3. The standard InChI is InChI=1S/C11H17NSi/c1-5-12-10-8-6-7-9-11(10)13(2,3)4/h5-9H,1-4H3. The van der Waals surface area contributed by atoms with Crippen LogP contribution in [0.15, 0.2) is 29.3 Å². The molecular formula is C11H17NSi. The molecule has 0 spiro atoms. The van der Waals surface area contributed by atoms with Gasteiger partial charge >= 0.3 is 0 Å². The van der Waals surface area contributed by atoms with E-state index in [2.05, 4.69) is 42.8 Å². The first kappa shape index (κ1) is 10.2. The van der Waals surface area contributed by atoms with Crippen LogP contribution in [-0.2, 0) is 0 Å². The topological polar surface area (TPSA) is 12.4 Å². The van der Waals surface area contributed by atoms with Crippen molar-refractivity contribution < 1.29 is 0 Å². The summed E-state index contributed by atoms with van der Waals surface area (Å²) >= 11 is 0. The first-order valence-electron chi connectivity index (χ1n) is 4.64. The molecule has 0 atom stereocenters. The Morgan fingerprint density at radius 3 is 2.31 bits per heavy atom. The van der Waals surface area contributed by atoms with Gasteiger partial charge in [-0.2, -0.15) is 0 Å². The number of benzene rings is 1. The predicted octanol–water partition coefficient (Wildman–Crippen LogP) is 2.95. The number of hydrogen-bond acceptors (Lipinski definition) is 1. The van der Waals surface area contributed by atoms with Crippen molar-refractivity contribution in [1.29, 1.82) is 0 Å². The Morgan fingerprint density at radius 1 is 1.15 bits per heavy atom. The molecule has 0 aliphatic rings. The van der Waals surface area contributed by atoms with Crippen LogP contribution in [-0.4, -0.2) is 14.3 Å². The first-order valence-corrected chi connectivity index (χ1v) is 8.14. The molecule has 0 N–H and O–H groups in total. The Morgan fingerprint density at radius 2 is 1.77 bits per heavy atom. The molecule has 0 aliphatic carbocycles. The van der Waals surface area contributed by atoms with E-state index >= 15 is 0 Å². The van der Waals surface area contributed by atoms with E-state index in [1.807, 2.05) is 19.2 Å². The van der Waals surface area contributed by atoms with Crippen LogP contribution in [0.2, 0.25) is 19.6 Å². The molecule has 0 radical (unpaired) electrons. The molecule has 13 heavy (non-hydrogen) atoms. The van der Waals surface area contributed by atoms with Gasteiger partial charge in [-0.3, -0.25) is 4.99 Å². The van der Waals surface area contributed by atoms with Crippen molar-refractivity contribution in [2.24, 2.45) is 4.99 Å². The summed E-state index contributed by atoms with van der Waals surface area (Å²) in [4.78, 5) is 4.38. The minimum Gasteiger partial charge on any atom is -0.262 e. The molecule has 0 fully saturated rings. The molecule has 70 valence electrons. The van der Waals surface area contributed by atoms with Crippen LogP contribution in [0, 0.1) is 0 Å². The van der Waals surface area contributed by atoms with E-state index in [9.17, 15) is 0 Å². The average molecular weight is 191 g/mol. The maximum Gasteiger partial charge on any atom is 0.0804 e. The normalized spacial score (nSPS) is 12.3. The third-order valence-corrected chi connectivity index (χ3v) is 4.02. The van der Waals surface area contributed by atoms with Crippen molar-refractivity contribution in [1.82, 2.24) is 0 Å². The largest absolute Gasteiger partial charge is 0.262 e. The fourth-order valence-corrected chi connectivity index (χ4v) is 2.87. The summed E-state index contributed by atoms with van der Waals surface area (Å²) < 4.78 is 0. The van der Waals surface area contributed by atoms with Gasteiger partial charge in [0, 0.05) is 6.21 Å². The third-order valence-electron chi connectivity index (χ3n) is 1.98. The van der Waals surface area contributed by atoms with Gasteiger partial charge in [0.2, 0.25) is 0 Å². The summed E-state index contributed by atoms with van der Waals surface area (Å²) in [6.45, 7) is 8.99. The van der Waals surface area contributed by atoms with Gasteiger partial charge in [0.1, 0.15) is 0 Å². The highest BCUT2D eigenvalue weighted by Gasteiger charge is 2.18. The van der Waals surface area contributed by atoms with Crippen molar-refractivity contribution in [3.63, 3.8) is 0 Å². The zero-order chi connectivity index (χ0) is 9.90. The molecular weight excluding hydrogens is 174 g/mol. The molecule has 0 bridgehead atoms. The molecule has 0 saturated heterocycles. The Kier molecular flexibility index (Phi) is 3.04. The third kappa shape index (κ3) is 2.52. The quantitative estimate of drug-likeness (QED) is 0.503. The zero-order valence-corrected chi connectivity index (χ0v) is 9.83. The van der Waals surface area contributed by atoms with Crippen LogP contribution >= 0.6 is 0 Å². The van der Waals surface area contributed by atoms with Crippen LogP contribution < -0.4 is 5.19 Å². The van der Waals surface area contributed by atoms with E-state index < -0.39 is 8.07 Å². The van der Waals surface area contributed by atoms with Gasteiger partial charge in [0.25, 0.3) is 0 Å². The Balaban J connectivity index is 3.20. The molecule has 2 heteroatoms. The fourth-order valence-electron chi connectivity index (χ4n) is 1.36. The highest BCUT2D eigenvalue weighted by atomic mass is 28.3. The summed E-state index contributed by atoms with van der Waals surface area (Å²) in [5.41, 5.74) is 1.14. The fraction of sp³-hybridized carbons (Fsp3) is 0.364. The average Bonchev–Trinajstić information content (AvgIpc) is 2.04. The molecule has 0 aliphatic heterocycles. The highest BCUT2D eigenvalue weighted by molar-refractivity contribution is 6.89. The number of aliphatic imine (C=N–C) groups is 1. The Bertz CT molecular complexity index is 310. The minimum absolute atomic E-state index is 1.14. The van der Waals surface area contributed by atoms with E-state index in [4.69, 9.17) is 0 Å². The molecule has 1 aromatic rings. The van der Waals surface area contributed by atoms with Crippen LogP contribution in [0.1, 0.15) is 6.92 Å². The predicted molar refractivity (Wildman–Crippen MR) is 63.2 cm³/mol. The van der Waals surface area contributed by atoms with Gasteiger partial charge in [0.05, 0.1) is 13.8 Å². The number of rotatable bonds is 2. The van der Waals surface area contributed by atoms with Crippen LogP contribution in [0.4, 0.5) is 5.69 Å². The Labute approximate surface area is 81.5 Å². The number of nitrogens with zero attached hydrogens (tertiary/aromatic N) is 1. The van der Waals surface area contributed by atoms with Gasteiger partial charge in [-0.05, 0) is 18.2 Å². The number of hydrogen-bond donors (Lipinski definition) is 0. The first-order chi connectivity index (χ1) is 6.05. The second kappa shape index (κ2) is 3.88. The van der Waals surface area contributed by atoms with Crippen LogP contribution in [0.25, 0.3) is 0 Å². The molecule has 0 aromatic heterocycles. The van der Waals surface area contributed by atoms with Gasteiger partial charge in [-0.25, -0.2) is 0 Å². The van der Waals surface area contributed by atoms with Crippen LogP contribution in [0.3, 0.4) is 0 Å². The van der Waals surface area contributed by atoms with Crippen molar-refractivity contribution >= 4 is 25.2 Å². The van der Waals surface area contributed by atoms with Crippen molar-refractivity contribution in [3.05, 3.63) is 24.3 Å². The maximum atomic E-state index is 4.38. The monoisotopic (exact) mass is 191 g/mol. The molecule has 0 saturated carbocycles. The SMILES string of the molecule is CC=Nc1ccccc1[Si](C)(C)C. The van der Waals surface area contributed by atoms with Crippen molar-refractivity contribution in [2.75, 3.05) is 0 Å². The van der Waals surface area contributed by atoms with E-state index in [1.54, 1.807) is 0 Å². The van der Waals surface area contributed by atoms with Gasteiger partial charge < -0.3 is 0 Å². The summed E-state index contributed by atoms with van der Waals surface area (Å²) in [6, 6.07) is 8.44. The van der Waals surface area contributed by atoms with Crippen molar-refractivity contribution in [3.8, 4) is 0 Å². The second-order valence-electron chi connectivity index (χ2n) is 4.15. The molecule has 1 aromatic carbocycles. The summed E-state index contributed by atoms with van der Waals surface area (Å²) in [5, 5.41) is 1.44. The van der Waals surface area contributed by atoms with E-state index in [-0.39, 0.29) is 0 Å². The number of para-hydroxylation sites is 1. The van der Waals surface area contributed by atoms with E-state index in [0.29, 0.717) is 0 Å². The molecule has 1 nitrogen and oxygen atoms in total. The lowest BCUT2D eigenvalue weighted by molar-refractivity contribution is 1.54. The van der Waals surface area contributed by atoms with Crippen molar-refractivity contribution in [2.45, 2.75) is 26.6 Å². The molecule has 1 rings (SSSR count). The highest BCUT2D eigenvalue weighted by Crippen LogP contribution is 2.13. The summed E-state index contributed by atoms with van der Waals surface area (Å²) in [5.74, 6) is 0. The zero-order valence-electron chi connectivity index (χ0n) is 8.83. The van der Waals surface area contributed by atoms with E-state index in [1.165, 1.54) is 5.19 Å². The van der Waals surface area contributed by atoms with Gasteiger partial charge in [0.15, 0.2) is 0 Å². The van der Waals surface area contributed by atoms with Gasteiger partial charge in [-0.15, -0.1) is 0 Å². The molecule has 0 amide bonds. The Hall–Kier alpha value is -0.893. The summed E-state index contributed by atoms with van der Waals surface area (Å²) in [7, 11) is -1.23. The smallest absolute Gasteiger partial charge is 0.0804 e. The maximum absolute atomic E-state index is 4.38. The second-order valence-corrected chi connectivity index (χ2v) is 9.19. The summed E-state index contributed by atoms with van der Waals surface area (Å²) in [6.07, 6.45) is 1.86. The van der Waals surface area contributed by atoms with Gasteiger partial charge in [-0.1, -0.05) is 37.8 Å². The van der Waals surface area contributed by atoms with Crippen LogP contribution in [0.5, 0.6) is 0 Å². The molecule has 0 unspecified atom stereocenters. The lowest BCUT2D eigenvalue weighted by Crippen LogP contribution is -2.37. The van der Waals surface area contributed by atoms with E-state index in [0.717, 1.165) is 5.69 Å². The molecule has 0 heterocycles. The minimum atomic E-state index is -1.23. The lowest BCUT2D eigenvalue weighted by Gasteiger charge is -2.18.